The number of benzene rings is 8. The lowest BCUT2D eigenvalue weighted by Crippen LogP contribution is -2.26. The zero-order valence-corrected chi connectivity index (χ0v) is 39.3. The van der Waals surface area contributed by atoms with Crippen LogP contribution in [-0.2, 0) is 0 Å². The number of allylic oxidation sites excluding steroid dienone is 4. The average Bonchev–Trinajstić information content (AvgIpc) is 3.97. The molecule has 1 aliphatic rings. The van der Waals surface area contributed by atoms with Crippen molar-refractivity contribution in [1.82, 2.24) is 19.5 Å². The second-order valence-electron chi connectivity index (χ2n) is 18.0. The van der Waals surface area contributed by atoms with Crippen molar-refractivity contribution < 1.29 is 4.42 Å². The van der Waals surface area contributed by atoms with Gasteiger partial charge in [-0.2, -0.15) is 0 Å². The minimum Gasteiger partial charge on any atom is -0.458 e. The van der Waals surface area contributed by atoms with E-state index in [9.17, 15) is 0 Å². The van der Waals surface area contributed by atoms with Gasteiger partial charge in [0.2, 0.25) is 0 Å². The zero-order chi connectivity index (χ0) is 47.1. The van der Waals surface area contributed by atoms with E-state index in [0.29, 0.717) is 23.9 Å². The summed E-state index contributed by atoms with van der Waals surface area (Å²) < 4.78 is 9.39. The van der Waals surface area contributed by atoms with Gasteiger partial charge in [-0.15, -0.1) is 0 Å². The van der Waals surface area contributed by atoms with Gasteiger partial charge in [-0.1, -0.05) is 170 Å². The van der Waals surface area contributed by atoms with E-state index in [1.165, 1.54) is 38.5 Å². The standard InChI is InChI=1S/C64H49N5O/c1-4-19-57-42(2)38-50(48-36-37-54-53-28-14-16-30-58(53)69(59(54)41-48)51-25-12-7-13-26-51)40-56-55-29-15-17-31-60(55)70-61(56)43(3)68(57)52-27-18-24-49(39-52)64-66-62(46-22-10-6-11-23-46)65-63(67-64)47-34-32-45(33-35-47)44-20-8-5-9-21-44/h4-37,39-41,43H,38H2,1-3H3/b19-4-,50-40+,57-42-. The molecule has 70 heavy (non-hydrogen) atoms. The summed E-state index contributed by atoms with van der Waals surface area (Å²) in [6.45, 7) is 6.61. The number of fused-ring (bicyclic) bond motifs is 6. The number of aromatic nitrogens is 4. The van der Waals surface area contributed by atoms with Gasteiger partial charge in [0.1, 0.15) is 11.3 Å². The summed E-state index contributed by atoms with van der Waals surface area (Å²) >= 11 is 0. The molecule has 336 valence electrons. The van der Waals surface area contributed by atoms with Crippen LogP contribution in [0.5, 0.6) is 0 Å². The molecular weight excluding hydrogens is 855 g/mol. The quantitative estimate of drug-likeness (QED) is 0.152. The van der Waals surface area contributed by atoms with Crippen LogP contribution in [0.15, 0.2) is 234 Å². The molecule has 4 heterocycles. The maximum absolute atomic E-state index is 6.99. The molecule has 0 fully saturated rings. The van der Waals surface area contributed by atoms with E-state index >= 15 is 0 Å². The van der Waals surface area contributed by atoms with Crippen molar-refractivity contribution in [3.8, 4) is 51.0 Å². The Hall–Kier alpha value is -8.87. The van der Waals surface area contributed by atoms with Gasteiger partial charge in [0.05, 0.1) is 17.1 Å². The fourth-order valence-electron chi connectivity index (χ4n) is 10.2. The first-order valence-corrected chi connectivity index (χ1v) is 24.0. The number of rotatable bonds is 8. The van der Waals surface area contributed by atoms with Gasteiger partial charge >= 0.3 is 0 Å². The lowest BCUT2D eigenvalue weighted by molar-refractivity contribution is 0.503. The third-order valence-electron chi connectivity index (χ3n) is 13.6. The zero-order valence-electron chi connectivity index (χ0n) is 39.3. The predicted octanol–water partition coefficient (Wildman–Crippen LogP) is 16.7. The van der Waals surface area contributed by atoms with E-state index in [0.717, 1.165) is 67.2 Å². The van der Waals surface area contributed by atoms with Crippen molar-refractivity contribution in [1.29, 1.82) is 0 Å². The SMILES string of the molecule is C/C=C\C1=C(/C)C/C(c2ccc3c4ccccc4n(-c4ccccc4)c3c2)=C\c2c(oc3ccccc23)C(C)N1c1cccc(-c2nc(-c3ccccc3)nc(-c3ccc(-c4ccccc4)cc3)n2)c1. The summed E-state index contributed by atoms with van der Waals surface area (Å²) in [5.41, 5.74) is 16.2. The number of hydrogen-bond acceptors (Lipinski definition) is 5. The molecule has 0 radical (unpaired) electrons. The third-order valence-corrected chi connectivity index (χ3v) is 13.6. The summed E-state index contributed by atoms with van der Waals surface area (Å²) in [5, 5.41) is 3.55. The Morgan fingerprint density at radius 2 is 1.04 bits per heavy atom. The molecule has 0 aliphatic carbocycles. The molecule has 0 amide bonds. The van der Waals surface area contributed by atoms with Crippen LogP contribution in [0.3, 0.4) is 0 Å². The Morgan fingerprint density at radius 1 is 0.500 bits per heavy atom. The Bertz CT molecular complexity index is 3830. The first-order valence-electron chi connectivity index (χ1n) is 24.0. The van der Waals surface area contributed by atoms with E-state index in [-0.39, 0.29) is 6.04 Å². The molecule has 8 aromatic carbocycles. The van der Waals surface area contributed by atoms with Crippen molar-refractivity contribution in [3.63, 3.8) is 0 Å². The van der Waals surface area contributed by atoms with Gasteiger partial charge in [-0.25, -0.2) is 15.0 Å². The van der Waals surface area contributed by atoms with E-state index in [1.54, 1.807) is 0 Å². The monoisotopic (exact) mass is 903 g/mol. The van der Waals surface area contributed by atoms with Gasteiger partial charge in [0.15, 0.2) is 17.5 Å². The maximum atomic E-state index is 6.99. The summed E-state index contributed by atoms with van der Waals surface area (Å²) in [6, 6.07) is 72.2. The van der Waals surface area contributed by atoms with Crippen LogP contribution < -0.4 is 4.90 Å². The Labute approximate surface area is 407 Å². The predicted molar refractivity (Wildman–Crippen MR) is 289 cm³/mol. The lowest BCUT2D eigenvalue weighted by atomic mass is 9.94. The summed E-state index contributed by atoms with van der Waals surface area (Å²) in [5.74, 6) is 2.73. The van der Waals surface area contributed by atoms with Crippen LogP contribution in [0.25, 0.3) is 95.4 Å². The summed E-state index contributed by atoms with van der Waals surface area (Å²) in [4.78, 5) is 17.9. The first-order chi connectivity index (χ1) is 34.5. The number of anilines is 1. The van der Waals surface area contributed by atoms with Crippen LogP contribution in [0, 0.1) is 0 Å². The molecule has 11 aromatic rings. The van der Waals surface area contributed by atoms with Gasteiger partial charge in [0.25, 0.3) is 0 Å². The highest BCUT2D eigenvalue weighted by Crippen LogP contribution is 2.44. The van der Waals surface area contributed by atoms with Gasteiger partial charge < -0.3 is 13.9 Å². The number of nitrogens with zero attached hydrogens (tertiary/aromatic N) is 5. The molecule has 0 spiro atoms. The normalized spacial score (nSPS) is 16.0. The van der Waals surface area contributed by atoms with Crippen molar-refractivity contribution in [2.45, 2.75) is 33.2 Å². The molecule has 1 aliphatic heterocycles. The van der Waals surface area contributed by atoms with Crippen molar-refractivity contribution in [3.05, 3.63) is 247 Å². The molecule has 6 heteroatoms. The van der Waals surface area contributed by atoms with E-state index in [2.05, 4.69) is 218 Å². The largest absolute Gasteiger partial charge is 0.458 e. The Morgan fingerprint density at radius 3 is 1.77 bits per heavy atom. The number of hydrogen-bond donors (Lipinski definition) is 0. The van der Waals surface area contributed by atoms with Crippen LogP contribution in [0.4, 0.5) is 5.69 Å². The van der Waals surface area contributed by atoms with Crippen LogP contribution in [0.1, 0.15) is 50.1 Å². The lowest BCUT2D eigenvalue weighted by Gasteiger charge is -2.33. The maximum Gasteiger partial charge on any atom is 0.164 e. The average molecular weight is 904 g/mol. The van der Waals surface area contributed by atoms with E-state index in [4.69, 9.17) is 19.4 Å². The molecule has 0 saturated heterocycles. The van der Waals surface area contributed by atoms with Crippen LogP contribution in [-0.4, -0.2) is 19.5 Å². The first kappa shape index (κ1) is 42.5. The fraction of sp³-hybridized carbons (Fsp3) is 0.0781. The highest BCUT2D eigenvalue weighted by molar-refractivity contribution is 6.10. The summed E-state index contributed by atoms with van der Waals surface area (Å²) in [7, 11) is 0. The fourth-order valence-corrected chi connectivity index (χ4v) is 10.2. The summed E-state index contributed by atoms with van der Waals surface area (Å²) in [6.07, 6.45) is 7.47. The minimum absolute atomic E-state index is 0.213. The highest BCUT2D eigenvalue weighted by atomic mass is 16.3. The van der Waals surface area contributed by atoms with Crippen molar-refractivity contribution in [2.24, 2.45) is 0 Å². The second-order valence-corrected chi connectivity index (χ2v) is 18.0. The smallest absolute Gasteiger partial charge is 0.164 e. The van der Waals surface area contributed by atoms with Crippen molar-refractivity contribution in [2.75, 3.05) is 4.90 Å². The van der Waals surface area contributed by atoms with Gasteiger partial charge in [0, 0.05) is 55.5 Å². The topological polar surface area (TPSA) is 60.0 Å². The molecular formula is C64H49N5O. The molecule has 0 saturated carbocycles. The Kier molecular flexibility index (Phi) is 10.9. The van der Waals surface area contributed by atoms with Gasteiger partial charge in [-0.05, 0) is 110 Å². The molecule has 1 atom stereocenters. The molecule has 3 aromatic heterocycles. The van der Waals surface area contributed by atoms with E-state index in [1.807, 2.05) is 36.4 Å². The second kappa shape index (κ2) is 18.0. The molecule has 1 unspecified atom stereocenters. The van der Waals surface area contributed by atoms with Gasteiger partial charge in [-0.3, -0.25) is 0 Å². The Balaban J connectivity index is 1.01. The van der Waals surface area contributed by atoms with E-state index < -0.39 is 0 Å². The van der Waals surface area contributed by atoms with Crippen molar-refractivity contribution >= 4 is 50.1 Å². The van der Waals surface area contributed by atoms with Crippen LogP contribution in [0.2, 0.25) is 0 Å². The molecule has 12 rings (SSSR count). The third kappa shape index (κ3) is 7.70. The minimum atomic E-state index is -0.213. The highest BCUT2D eigenvalue weighted by Gasteiger charge is 2.30. The molecule has 0 bridgehead atoms. The molecule has 6 nitrogen and oxygen atoms in total. The van der Waals surface area contributed by atoms with Crippen LogP contribution >= 0.6 is 0 Å². The number of para-hydroxylation sites is 3. The number of furan rings is 1. The molecule has 0 N–H and O–H groups in total.